The zero-order valence-electron chi connectivity index (χ0n) is 12.9. The fraction of sp³-hybridized carbons (Fsp3) is 0.118. The first-order valence-corrected chi connectivity index (χ1v) is 8.45. The number of benzene rings is 2. The van der Waals surface area contributed by atoms with Crippen molar-refractivity contribution in [1.29, 1.82) is 0 Å². The molecule has 0 saturated heterocycles. The van der Waals surface area contributed by atoms with Crippen molar-refractivity contribution in [2.75, 3.05) is 0 Å². The first kappa shape index (κ1) is 17.6. The second kappa shape index (κ2) is 7.33. The van der Waals surface area contributed by atoms with Gasteiger partial charge >= 0.3 is 0 Å². The third-order valence-electron chi connectivity index (χ3n) is 3.35. The minimum atomic E-state index is -1.06. The first-order chi connectivity index (χ1) is 11.9. The highest BCUT2D eigenvalue weighted by molar-refractivity contribution is 8.00. The number of hydrogen-bond acceptors (Lipinski definition) is 5. The summed E-state index contributed by atoms with van der Waals surface area (Å²) in [7, 11) is 0. The van der Waals surface area contributed by atoms with Crippen LogP contribution in [0.5, 0.6) is 0 Å². The van der Waals surface area contributed by atoms with Gasteiger partial charge in [-0.3, -0.25) is 4.79 Å². The summed E-state index contributed by atoms with van der Waals surface area (Å²) in [6.45, 7) is 1.63. The Bertz CT molecular complexity index is 915. The topological polar surface area (TPSA) is 56.0 Å². The highest BCUT2D eigenvalue weighted by Gasteiger charge is 2.21. The lowest BCUT2D eigenvalue weighted by molar-refractivity contribution is 0.0993. The van der Waals surface area contributed by atoms with Gasteiger partial charge in [-0.15, -0.1) is 10.2 Å². The molecule has 0 amide bonds. The molecule has 2 aromatic carbocycles. The predicted octanol–water partition coefficient (Wildman–Crippen LogP) is 5.03. The second-order valence-corrected chi connectivity index (χ2v) is 6.86. The summed E-state index contributed by atoms with van der Waals surface area (Å²) in [5.74, 6) is -2.13. The molecule has 3 rings (SSSR count). The average molecular weight is 381 g/mol. The van der Waals surface area contributed by atoms with Crippen LogP contribution in [0.1, 0.15) is 17.3 Å². The van der Waals surface area contributed by atoms with Gasteiger partial charge in [-0.25, -0.2) is 8.78 Å². The van der Waals surface area contributed by atoms with Gasteiger partial charge < -0.3 is 4.42 Å². The number of halogens is 3. The van der Waals surface area contributed by atoms with Gasteiger partial charge in [0, 0.05) is 16.1 Å². The molecule has 1 aromatic heterocycles. The van der Waals surface area contributed by atoms with Crippen LogP contribution in [0.2, 0.25) is 5.02 Å². The molecule has 0 unspecified atom stereocenters. The summed E-state index contributed by atoms with van der Waals surface area (Å²) < 4.78 is 31.8. The maximum atomic E-state index is 13.3. The van der Waals surface area contributed by atoms with E-state index in [9.17, 15) is 13.6 Å². The number of hydrogen-bond donors (Lipinski definition) is 0. The molecular weight excluding hydrogens is 370 g/mol. The van der Waals surface area contributed by atoms with Crippen LogP contribution in [0.4, 0.5) is 8.78 Å². The standard InChI is InChI=1S/C17H11ClF2N2O2S/c1-9(15(23)11-4-7-13(19)14(20)8-11)25-17-22-21-16(24-17)10-2-5-12(18)6-3-10/h2-9H,1H3/t9-/m1/s1. The molecule has 25 heavy (non-hydrogen) atoms. The zero-order valence-corrected chi connectivity index (χ0v) is 14.4. The number of carbonyl (C=O) groups is 1. The van der Waals surface area contributed by atoms with Crippen LogP contribution in [-0.4, -0.2) is 21.2 Å². The van der Waals surface area contributed by atoms with Crippen molar-refractivity contribution < 1.29 is 18.0 Å². The SMILES string of the molecule is C[C@@H](Sc1nnc(-c2ccc(Cl)cc2)o1)C(=O)c1ccc(F)c(F)c1. The van der Waals surface area contributed by atoms with Crippen molar-refractivity contribution in [2.45, 2.75) is 17.4 Å². The maximum Gasteiger partial charge on any atom is 0.277 e. The second-order valence-electron chi connectivity index (χ2n) is 5.13. The van der Waals surface area contributed by atoms with Gasteiger partial charge in [0.15, 0.2) is 17.4 Å². The Hall–Kier alpha value is -2.25. The van der Waals surface area contributed by atoms with Crippen LogP contribution in [0.3, 0.4) is 0 Å². The van der Waals surface area contributed by atoms with Crippen molar-refractivity contribution in [3.63, 3.8) is 0 Å². The Balaban J connectivity index is 1.72. The molecule has 0 aliphatic heterocycles. The predicted molar refractivity (Wildman–Crippen MR) is 90.8 cm³/mol. The summed E-state index contributed by atoms with van der Waals surface area (Å²) in [5, 5.41) is 8.00. The summed E-state index contributed by atoms with van der Waals surface area (Å²) in [6.07, 6.45) is 0. The lowest BCUT2D eigenvalue weighted by atomic mass is 10.1. The van der Waals surface area contributed by atoms with Gasteiger partial charge in [-0.2, -0.15) is 0 Å². The summed E-state index contributed by atoms with van der Waals surface area (Å²) >= 11 is 6.87. The summed E-state index contributed by atoms with van der Waals surface area (Å²) in [6, 6.07) is 9.91. The van der Waals surface area contributed by atoms with Gasteiger partial charge in [0.1, 0.15) is 0 Å². The van der Waals surface area contributed by atoms with Gasteiger partial charge in [0.2, 0.25) is 5.89 Å². The molecule has 128 valence electrons. The minimum absolute atomic E-state index is 0.0799. The number of carbonyl (C=O) groups excluding carboxylic acids is 1. The Kier molecular flexibility index (Phi) is 5.15. The fourth-order valence-corrected chi connectivity index (χ4v) is 2.94. The third kappa shape index (κ3) is 4.05. The minimum Gasteiger partial charge on any atom is -0.411 e. The van der Waals surface area contributed by atoms with Gasteiger partial charge in [-0.05, 0) is 49.4 Å². The molecule has 4 nitrogen and oxygen atoms in total. The van der Waals surface area contributed by atoms with Crippen LogP contribution in [0, 0.1) is 11.6 Å². The van der Waals surface area contributed by atoms with Gasteiger partial charge in [0.25, 0.3) is 5.22 Å². The summed E-state index contributed by atoms with van der Waals surface area (Å²) in [4.78, 5) is 12.3. The quantitative estimate of drug-likeness (QED) is 0.459. The highest BCUT2D eigenvalue weighted by atomic mass is 35.5. The van der Waals surface area contributed by atoms with E-state index in [2.05, 4.69) is 10.2 Å². The van der Waals surface area contributed by atoms with Crippen molar-refractivity contribution in [1.82, 2.24) is 10.2 Å². The monoisotopic (exact) mass is 380 g/mol. The van der Waals surface area contributed by atoms with E-state index < -0.39 is 16.9 Å². The van der Waals surface area contributed by atoms with E-state index in [1.54, 1.807) is 31.2 Å². The van der Waals surface area contributed by atoms with Gasteiger partial charge in [-0.1, -0.05) is 23.4 Å². The van der Waals surface area contributed by atoms with Crippen molar-refractivity contribution in [3.05, 3.63) is 64.7 Å². The van der Waals surface area contributed by atoms with E-state index in [0.29, 0.717) is 16.5 Å². The van der Waals surface area contributed by atoms with Crippen LogP contribution in [-0.2, 0) is 0 Å². The summed E-state index contributed by atoms with van der Waals surface area (Å²) in [5.41, 5.74) is 0.777. The van der Waals surface area contributed by atoms with E-state index >= 15 is 0 Å². The number of aromatic nitrogens is 2. The Labute approximate surface area is 151 Å². The molecule has 0 aliphatic rings. The fourth-order valence-electron chi connectivity index (χ4n) is 2.06. The molecule has 0 radical (unpaired) electrons. The van der Waals surface area contributed by atoms with E-state index in [0.717, 1.165) is 23.9 Å². The molecule has 0 N–H and O–H groups in total. The molecule has 0 saturated carbocycles. The first-order valence-electron chi connectivity index (χ1n) is 7.19. The van der Waals surface area contributed by atoms with Crippen LogP contribution < -0.4 is 0 Å². The van der Waals surface area contributed by atoms with E-state index in [4.69, 9.17) is 16.0 Å². The van der Waals surface area contributed by atoms with Crippen LogP contribution >= 0.6 is 23.4 Å². The molecule has 1 heterocycles. The molecule has 0 fully saturated rings. The zero-order chi connectivity index (χ0) is 18.0. The molecule has 3 aromatic rings. The molecule has 0 aliphatic carbocycles. The van der Waals surface area contributed by atoms with Crippen molar-refractivity contribution in [3.8, 4) is 11.5 Å². The van der Waals surface area contributed by atoms with E-state index in [1.165, 1.54) is 6.07 Å². The van der Waals surface area contributed by atoms with Crippen molar-refractivity contribution >= 4 is 29.1 Å². The number of Topliss-reactive ketones (excluding diaryl/α,β-unsaturated/α-hetero) is 1. The molecule has 1 atom stereocenters. The third-order valence-corrected chi connectivity index (χ3v) is 4.53. The highest BCUT2D eigenvalue weighted by Crippen LogP contribution is 2.28. The number of ketones is 1. The maximum absolute atomic E-state index is 13.3. The number of thioether (sulfide) groups is 1. The molecule has 0 bridgehead atoms. The Morgan fingerprint density at radius 3 is 2.52 bits per heavy atom. The average Bonchev–Trinajstić information content (AvgIpc) is 3.05. The van der Waals surface area contributed by atoms with E-state index in [-0.39, 0.29) is 16.6 Å². The van der Waals surface area contributed by atoms with Gasteiger partial charge in [0.05, 0.1) is 5.25 Å². The van der Waals surface area contributed by atoms with E-state index in [1.807, 2.05) is 0 Å². The normalized spacial score (nSPS) is 12.2. The lowest BCUT2D eigenvalue weighted by Gasteiger charge is -2.07. The molecule has 0 spiro atoms. The smallest absolute Gasteiger partial charge is 0.277 e. The number of rotatable bonds is 5. The van der Waals surface area contributed by atoms with Crippen LogP contribution in [0.25, 0.3) is 11.5 Å². The number of nitrogens with zero attached hydrogens (tertiary/aromatic N) is 2. The largest absolute Gasteiger partial charge is 0.411 e. The Morgan fingerprint density at radius 1 is 1.12 bits per heavy atom. The molecule has 8 heteroatoms. The molecular formula is C17H11ClF2N2O2S. The lowest BCUT2D eigenvalue weighted by Crippen LogP contribution is -2.14. The van der Waals surface area contributed by atoms with Crippen LogP contribution in [0.15, 0.2) is 52.1 Å². The van der Waals surface area contributed by atoms with Crippen molar-refractivity contribution in [2.24, 2.45) is 0 Å². The Morgan fingerprint density at radius 2 is 1.84 bits per heavy atom.